The molecule has 0 saturated carbocycles. The van der Waals surface area contributed by atoms with Crippen LogP contribution < -0.4 is 0 Å². The zero-order valence-corrected chi connectivity index (χ0v) is 39.8. The van der Waals surface area contributed by atoms with Crippen LogP contribution in [0.15, 0.2) is 11.6 Å². The Kier molecular flexibility index (Phi) is 22.1. The molecule has 0 bridgehead atoms. The van der Waals surface area contributed by atoms with Gasteiger partial charge in [0.2, 0.25) is 5.79 Å². The summed E-state index contributed by atoms with van der Waals surface area (Å²) < 4.78 is 48.1. The highest BCUT2D eigenvalue weighted by atomic mass is 28.4. The molecule has 0 aliphatic carbocycles. The third kappa shape index (κ3) is 13.9. The van der Waals surface area contributed by atoms with Gasteiger partial charge in [0.05, 0.1) is 36.6 Å². The van der Waals surface area contributed by atoms with Crippen LogP contribution >= 0.6 is 0 Å². The van der Waals surface area contributed by atoms with Gasteiger partial charge in [-0.15, -0.1) is 0 Å². The zero-order valence-electron chi connectivity index (χ0n) is 37.8. The number of rotatable bonds is 27. The maximum absolute atomic E-state index is 13.0. The second-order valence-electron chi connectivity index (χ2n) is 17.8. The molecule has 10 atom stereocenters. The van der Waals surface area contributed by atoms with Crippen molar-refractivity contribution in [2.24, 2.45) is 11.3 Å². The number of aliphatic hydroxyl groups excluding tert-OH is 2. The van der Waals surface area contributed by atoms with Crippen molar-refractivity contribution >= 4 is 22.6 Å². The van der Waals surface area contributed by atoms with Crippen LogP contribution in [0, 0.1) is 11.3 Å². The normalized spacial score (nSPS) is 25.1. The average molecular weight is 839 g/mol. The Morgan fingerprint density at radius 2 is 1.55 bits per heavy atom. The Morgan fingerprint density at radius 3 is 2.00 bits per heavy atom. The van der Waals surface area contributed by atoms with Gasteiger partial charge in [-0.1, -0.05) is 68.4 Å². The molecule has 1 fully saturated rings. The van der Waals surface area contributed by atoms with Crippen LogP contribution in [0.25, 0.3) is 0 Å². The maximum atomic E-state index is 13.0. The van der Waals surface area contributed by atoms with Crippen molar-refractivity contribution in [3.8, 4) is 0 Å². The van der Waals surface area contributed by atoms with Crippen molar-refractivity contribution < 1.29 is 62.5 Å². The molecule has 1 aliphatic rings. The van der Waals surface area contributed by atoms with Gasteiger partial charge >= 0.3 is 5.97 Å². The lowest BCUT2D eigenvalue weighted by Gasteiger charge is -2.56. The van der Waals surface area contributed by atoms with Crippen molar-refractivity contribution in [2.75, 3.05) is 41.8 Å². The van der Waals surface area contributed by atoms with Gasteiger partial charge in [-0.2, -0.15) is 0 Å². The molecule has 0 aromatic heterocycles. The van der Waals surface area contributed by atoms with E-state index in [1.807, 2.05) is 6.92 Å². The zero-order chi connectivity index (χ0) is 43.3. The smallest absolute Gasteiger partial charge is 0.335 e. The molecule has 0 aromatic rings. The summed E-state index contributed by atoms with van der Waals surface area (Å²) >= 11 is 0. The van der Waals surface area contributed by atoms with Crippen molar-refractivity contribution in [3.05, 3.63) is 11.6 Å². The van der Waals surface area contributed by atoms with E-state index in [9.17, 15) is 25.2 Å². The van der Waals surface area contributed by atoms with Gasteiger partial charge < -0.3 is 57.7 Å². The molecule has 0 spiro atoms. The Hall–Kier alpha value is -0.796. The highest BCUT2D eigenvalue weighted by Crippen LogP contribution is 2.49. The van der Waals surface area contributed by atoms with E-state index in [-0.39, 0.29) is 43.4 Å². The molecule has 332 valence electrons. The lowest BCUT2D eigenvalue weighted by molar-refractivity contribution is -0.376. The molecule has 0 amide bonds. The molecule has 56 heavy (non-hydrogen) atoms. The molecule has 1 saturated heterocycles. The number of ether oxygens (including phenoxy) is 6. The van der Waals surface area contributed by atoms with E-state index in [0.717, 1.165) is 30.1 Å². The first kappa shape index (κ1) is 53.2. The first-order chi connectivity index (χ1) is 25.9. The summed E-state index contributed by atoms with van der Waals surface area (Å²) in [5, 5.41) is 46.5. The molecule has 1 heterocycles. The highest BCUT2D eigenvalue weighted by Gasteiger charge is 2.62. The fraction of sp³-hybridized carbons (Fsp3) is 0.927. The Labute approximate surface area is 341 Å². The molecule has 2 unspecified atom stereocenters. The van der Waals surface area contributed by atoms with Crippen LogP contribution in [0.3, 0.4) is 0 Å². The number of hydrogen-bond acceptors (Lipinski definition) is 12. The standard InChI is InChI=1S/C41H82O13Si2/c1-17-29(26-52-55(15,16)39(6,7)8)21-28(5)32(42)22-30(48-12)25-35(43)40(9,10)41(46)37(54-56(18-2,19-3)20-4)34(50-14)24-31(53-41)23-33(49-13)36(38(44)45)51-27-47-11/h21,29-37,42-43,46H,17-20,22-27H2,1-16H3,(H,44,45)/b28-21-/t29?,30-,31-,32-,33+,34+,35-,36-,37+,41?/m1/s1. The van der Waals surface area contributed by atoms with Crippen molar-refractivity contribution in [2.45, 2.75) is 192 Å². The molecular weight excluding hydrogens is 757 g/mol. The molecule has 15 heteroatoms. The lowest BCUT2D eigenvalue weighted by Crippen LogP contribution is -2.70. The quantitative estimate of drug-likeness (QED) is 0.0384. The molecule has 1 aliphatic heterocycles. The summed E-state index contributed by atoms with van der Waals surface area (Å²) in [4.78, 5) is 12.2. The Morgan fingerprint density at radius 1 is 0.964 bits per heavy atom. The molecule has 0 aromatic carbocycles. The number of carbonyl (C=O) groups is 1. The summed E-state index contributed by atoms with van der Waals surface area (Å²) in [7, 11) is 1.56. The molecule has 1 rings (SSSR count). The van der Waals surface area contributed by atoms with Crippen molar-refractivity contribution in [1.29, 1.82) is 0 Å². The second kappa shape index (κ2) is 23.3. The lowest BCUT2D eigenvalue weighted by atomic mass is 9.70. The van der Waals surface area contributed by atoms with Crippen LogP contribution in [0.5, 0.6) is 0 Å². The van der Waals surface area contributed by atoms with Gasteiger partial charge in [-0.05, 0) is 61.1 Å². The van der Waals surface area contributed by atoms with E-state index in [1.165, 1.54) is 14.2 Å². The minimum absolute atomic E-state index is 0.0360. The third-order valence-electron chi connectivity index (χ3n) is 13.0. The fourth-order valence-electron chi connectivity index (χ4n) is 7.20. The summed E-state index contributed by atoms with van der Waals surface area (Å²) in [5.41, 5.74) is -0.577. The van der Waals surface area contributed by atoms with E-state index >= 15 is 0 Å². The maximum Gasteiger partial charge on any atom is 0.335 e. The van der Waals surface area contributed by atoms with Crippen LogP contribution in [-0.2, 0) is 42.1 Å². The highest BCUT2D eigenvalue weighted by molar-refractivity contribution is 6.74. The number of aliphatic hydroxyl groups is 3. The Bertz CT molecular complexity index is 1170. The topological polar surface area (TPSA) is 172 Å². The summed E-state index contributed by atoms with van der Waals surface area (Å²) in [6.07, 6.45) is -3.79. The van der Waals surface area contributed by atoms with Gasteiger partial charge in [0.25, 0.3) is 0 Å². The Balaban J connectivity index is 3.50. The summed E-state index contributed by atoms with van der Waals surface area (Å²) in [6, 6.07) is 2.41. The first-order valence-corrected chi connectivity index (χ1v) is 26.0. The summed E-state index contributed by atoms with van der Waals surface area (Å²) in [6.45, 7) is 25.2. The largest absolute Gasteiger partial charge is 0.479 e. The number of methoxy groups -OCH3 is 4. The number of aliphatic carboxylic acids is 1. The summed E-state index contributed by atoms with van der Waals surface area (Å²) in [5.74, 6) is -3.20. The second-order valence-corrected chi connectivity index (χ2v) is 27.3. The third-order valence-corrected chi connectivity index (χ3v) is 22.1. The predicted molar refractivity (Wildman–Crippen MR) is 224 cm³/mol. The van der Waals surface area contributed by atoms with Gasteiger partial charge in [-0.3, -0.25) is 0 Å². The minimum atomic E-state index is -2.40. The number of hydrogen-bond donors (Lipinski definition) is 4. The van der Waals surface area contributed by atoms with Crippen LogP contribution in [0.2, 0.25) is 36.3 Å². The van der Waals surface area contributed by atoms with Crippen LogP contribution in [-0.4, -0.2) is 139 Å². The van der Waals surface area contributed by atoms with E-state index in [1.54, 1.807) is 28.1 Å². The van der Waals surface area contributed by atoms with E-state index in [0.29, 0.717) is 6.61 Å². The molecule has 4 N–H and O–H groups in total. The number of carboxylic acid groups (broad SMARTS) is 1. The first-order valence-electron chi connectivity index (χ1n) is 20.6. The van der Waals surface area contributed by atoms with E-state index in [4.69, 9.17) is 37.3 Å². The SMILES string of the molecule is CCC(/C=C(/C)[C@H](O)C[C@H](C[C@@H](O)C(C)(C)C1(O)O[C@H](C[C@H](OC)[C@@H](OCOC)C(=O)O)C[C@H](OC)[C@@H]1O[Si](CC)(CC)CC)OC)CO[Si](C)(C)C(C)(C)C. The van der Waals surface area contributed by atoms with Crippen LogP contribution in [0.4, 0.5) is 0 Å². The molecule has 0 radical (unpaired) electrons. The minimum Gasteiger partial charge on any atom is -0.479 e. The van der Waals surface area contributed by atoms with Gasteiger partial charge in [0.15, 0.2) is 22.7 Å². The molecular formula is C41H82O13Si2. The van der Waals surface area contributed by atoms with Gasteiger partial charge in [-0.25, -0.2) is 4.79 Å². The van der Waals surface area contributed by atoms with E-state index in [2.05, 4.69) is 67.6 Å². The monoisotopic (exact) mass is 839 g/mol. The van der Waals surface area contributed by atoms with Crippen LogP contribution in [0.1, 0.15) is 101 Å². The molecule has 13 nitrogen and oxygen atoms in total. The van der Waals surface area contributed by atoms with Crippen molar-refractivity contribution in [1.82, 2.24) is 0 Å². The number of carboxylic acids is 1. The van der Waals surface area contributed by atoms with Gasteiger partial charge in [0.1, 0.15) is 12.9 Å². The fourth-order valence-corrected chi connectivity index (χ4v) is 11.1. The average Bonchev–Trinajstić information content (AvgIpc) is 3.14. The van der Waals surface area contributed by atoms with Gasteiger partial charge in [0, 0.05) is 66.1 Å². The van der Waals surface area contributed by atoms with Crippen molar-refractivity contribution in [3.63, 3.8) is 0 Å². The predicted octanol–water partition coefficient (Wildman–Crippen LogP) is 6.89. The van der Waals surface area contributed by atoms with E-state index < -0.39 is 82.6 Å².